The Morgan fingerprint density at radius 3 is 2.57 bits per heavy atom. The Hall–Kier alpha value is -1.57. The maximum atomic E-state index is 10.9. The molecule has 0 aliphatic carbocycles. The molecule has 0 bridgehead atoms. The summed E-state index contributed by atoms with van der Waals surface area (Å²) >= 11 is 0. The molecule has 1 heterocycles. The number of carbonyl (C=O) groups excluding carboxylic acids is 1. The van der Waals surface area contributed by atoms with Crippen molar-refractivity contribution in [1.82, 2.24) is 0 Å². The van der Waals surface area contributed by atoms with Crippen molar-refractivity contribution >= 4 is 5.97 Å². The maximum Gasteiger partial charge on any atom is 0.331 e. The van der Waals surface area contributed by atoms with Gasteiger partial charge in [0.15, 0.2) is 0 Å². The van der Waals surface area contributed by atoms with Crippen LogP contribution in [0.2, 0.25) is 0 Å². The van der Waals surface area contributed by atoms with E-state index in [9.17, 15) is 4.79 Å². The molecule has 0 amide bonds. The molecule has 2 heteroatoms. The molecule has 0 saturated carbocycles. The fraction of sp³-hybridized carbons (Fsp3) is 0.250. The fourth-order valence-corrected chi connectivity index (χ4v) is 1.49. The van der Waals surface area contributed by atoms with Crippen LogP contribution in [0, 0.1) is 13.8 Å². The van der Waals surface area contributed by atoms with E-state index in [0.29, 0.717) is 0 Å². The Labute approximate surface area is 83.2 Å². The van der Waals surface area contributed by atoms with Crippen molar-refractivity contribution in [2.24, 2.45) is 0 Å². The minimum Gasteiger partial charge on any atom is -0.450 e. The van der Waals surface area contributed by atoms with E-state index in [1.165, 1.54) is 17.2 Å². The first-order valence-corrected chi connectivity index (χ1v) is 4.63. The highest BCUT2D eigenvalue weighted by Crippen LogP contribution is 2.25. The molecule has 1 aliphatic rings. The van der Waals surface area contributed by atoms with Gasteiger partial charge in [0, 0.05) is 6.08 Å². The number of cyclic esters (lactones) is 1. The maximum absolute atomic E-state index is 10.9. The van der Waals surface area contributed by atoms with Gasteiger partial charge in [-0.25, -0.2) is 4.79 Å². The zero-order valence-electron chi connectivity index (χ0n) is 8.28. The van der Waals surface area contributed by atoms with Gasteiger partial charge < -0.3 is 4.74 Å². The Morgan fingerprint density at radius 1 is 1.21 bits per heavy atom. The molecule has 2 rings (SSSR count). The zero-order valence-corrected chi connectivity index (χ0v) is 8.28. The van der Waals surface area contributed by atoms with Crippen molar-refractivity contribution in [3.8, 4) is 0 Å². The molecular formula is C12H12O2. The van der Waals surface area contributed by atoms with E-state index in [-0.39, 0.29) is 12.1 Å². The molecular weight excluding hydrogens is 176 g/mol. The largest absolute Gasteiger partial charge is 0.450 e. The van der Waals surface area contributed by atoms with Crippen LogP contribution in [0.4, 0.5) is 0 Å². The molecule has 1 aromatic carbocycles. The molecule has 0 N–H and O–H groups in total. The quantitative estimate of drug-likeness (QED) is 0.633. The molecule has 0 saturated heterocycles. The van der Waals surface area contributed by atoms with E-state index < -0.39 is 0 Å². The number of carbonyl (C=O) groups is 1. The summed E-state index contributed by atoms with van der Waals surface area (Å²) < 4.78 is 5.09. The molecule has 14 heavy (non-hydrogen) atoms. The number of hydrogen-bond acceptors (Lipinski definition) is 2. The Balaban J connectivity index is 2.30. The molecule has 72 valence electrons. The SMILES string of the molecule is Cc1ccc(C2C=CC(=O)O2)cc1C. The molecule has 1 atom stereocenters. The normalized spacial score (nSPS) is 19.9. The lowest BCUT2D eigenvalue weighted by Gasteiger charge is -2.10. The standard InChI is InChI=1S/C12H12O2/c1-8-3-4-10(7-9(8)2)11-5-6-12(13)14-11/h3-7,11H,1-2H3. The second kappa shape index (κ2) is 3.29. The van der Waals surface area contributed by atoms with Crippen LogP contribution in [-0.2, 0) is 9.53 Å². The van der Waals surface area contributed by atoms with Crippen molar-refractivity contribution < 1.29 is 9.53 Å². The summed E-state index contributed by atoms with van der Waals surface area (Å²) in [5.74, 6) is -0.256. The number of hydrogen-bond donors (Lipinski definition) is 0. The van der Waals surface area contributed by atoms with E-state index in [1.54, 1.807) is 6.08 Å². The summed E-state index contributed by atoms with van der Waals surface area (Å²) in [7, 11) is 0. The fourth-order valence-electron chi connectivity index (χ4n) is 1.49. The summed E-state index contributed by atoms with van der Waals surface area (Å²) in [6, 6.07) is 6.10. The summed E-state index contributed by atoms with van der Waals surface area (Å²) in [5.41, 5.74) is 3.51. The monoisotopic (exact) mass is 188 g/mol. The lowest BCUT2D eigenvalue weighted by molar-refractivity contribution is -0.138. The highest BCUT2D eigenvalue weighted by atomic mass is 16.5. The molecule has 0 aromatic heterocycles. The van der Waals surface area contributed by atoms with Gasteiger partial charge in [-0.05, 0) is 36.6 Å². The minimum atomic E-state index is -0.256. The van der Waals surface area contributed by atoms with Crippen LogP contribution < -0.4 is 0 Å². The average Bonchev–Trinajstić information content (AvgIpc) is 2.57. The van der Waals surface area contributed by atoms with Gasteiger partial charge in [-0.1, -0.05) is 18.2 Å². The zero-order chi connectivity index (χ0) is 10.1. The predicted octanol–water partition coefficient (Wildman–Crippen LogP) is 2.46. The van der Waals surface area contributed by atoms with Crippen LogP contribution in [0.25, 0.3) is 0 Å². The van der Waals surface area contributed by atoms with Gasteiger partial charge in [-0.3, -0.25) is 0 Å². The second-order valence-electron chi connectivity index (χ2n) is 3.56. The summed E-state index contributed by atoms with van der Waals surface area (Å²) in [6.07, 6.45) is 3.06. The van der Waals surface area contributed by atoms with E-state index >= 15 is 0 Å². The number of benzene rings is 1. The van der Waals surface area contributed by atoms with Gasteiger partial charge >= 0.3 is 5.97 Å². The van der Waals surface area contributed by atoms with Crippen LogP contribution >= 0.6 is 0 Å². The van der Waals surface area contributed by atoms with Gasteiger partial charge in [0.2, 0.25) is 0 Å². The predicted molar refractivity (Wildman–Crippen MR) is 53.9 cm³/mol. The summed E-state index contributed by atoms with van der Waals surface area (Å²) in [4.78, 5) is 10.9. The van der Waals surface area contributed by atoms with Crippen molar-refractivity contribution in [2.75, 3.05) is 0 Å². The van der Waals surface area contributed by atoms with Gasteiger partial charge in [0.25, 0.3) is 0 Å². The van der Waals surface area contributed by atoms with E-state index in [1.807, 2.05) is 12.1 Å². The molecule has 1 unspecified atom stereocenters. The number of esters is 1. The van der Waals surface area contributed by atoms with E-state index in [0.717, 1.165) is 5.56 Å². The number of aryl methyl sites for hydroxylation is 2. The minimum absolute atomic E-state index is 0.193. The van der Waals surface area contributed by atoms with Gasteiger partial charge in [0.05, 0.1) is 0 Å². The first-order valence-electron chi connectivity index (χ1n) is 4.63. The van der Waals surface area contributed by atoms with Crippen LogP contribution in [-0.4, -0.2) is 5.97 Å². The van der Waals surface area contributed by atoms with E-state index in [4.69, 9.17) is 4.74 Å². The number of rotatable bonds is 1. The second-order valence-corrected chi connectivity index (χ2v) is 3.56. The topological polar surface area (TPSA) is 26.3 Å². The third-order valence-corrected chi connectivity index (χ3v) is 2.51. The van der Waals surface area contributed by atoms with Crippen LogP contribution in [0.5, 0.6) is 0 Å². The Kier molecular flexibility index (Phi) is 2.12. The van der Waals surface area contributed by atoms with Gasteiger partial charge in [-0.2, -0.15) is 0 Å². The van der Waals surface area contributed by atoms with E-state index in [2.05, 4.69) is 19.9 Å². The summed E-state index contributed by atoms with van der Waals surface area (Å²) in [5, 5.41) is 0. The van der Waals surface area contributed by atoms with Crippen LogP contribution in [0.15, 0.2) is 30.4 Å². The van der Waals surface area contributed by atoms with Gasteiger partial charge in [-0.15, -0.1) is 0 Å². The highest BCUT2D eigenvalue weighted by Gasteiger charge is 2.18. The summed E-state index contributed by atoms with van der Waals surface area (Å²) in [6.45, 7) is 4.12. The molecule has 2 nitrogen and oxygen atoms in total. The van der Waals surface area contributed by atoms with Crippen molar-refractivity contribution in [2.45, 2.75) is 20.0 Å². The first kappa shape index (κ1) is 9.00. The van der Waals surface area contributed by atoms with Crippen LogP contribution in [0.3, 0.4) is 0 Å². The lowest BCUT2D eigenvalue weighted by Crippen LogP contribution is -2.00. The Morgan fingerprint density at radius 2 is 2.00 bits per heavy atom. The Bertz CT molecular complexity index is 405. The lowest BCUT2D eigenvalue weighted by atomic mass is 10.0. The highest BCUT2D eigenvalue weighted by molar-refractivity contribution is 5.84. The van der Waals surface area contributed by atoms with Crippen molar-refractivity contribution in [3.63, 3.8) is 0 Å². The third kappa shape index (κ3) is 1.55. The molecule has 0 spiro atoms. The number of ether oxygens (including phenoxy) is 1. The molecule has 0 radical (unpaired) electrons. The average molecular weight is 188 g/mol. The van der Waals surface area contributed by atoms with Crippen molar-refractivity contribution in [1.29, 1.82) is 0 Å². The third-order valence-electron chi connectivity index (χ3n) is 2.51. The molecule has 0 fully saturated rings. The van der Waals surface area contributed by atoms with Crippen molar-refractivity contribution in [3.05, 3.63) is 47.0 Å². The smallest absolute Gasteiger partial charge is 0.331 e. The first-order chi connectivity index (χ1) is 6.66. The van der Waals surface area contributed by atoms with Crippen LogP contribution in [0.1, 0.15) is 22.8 Å². The molecule has 1 aromatic rings. The van der Waals surface area contributed by atoms with Gasteiger partial charge in [0.1, 0.15) is 6.10 Å². The molecule has 1 aliphatic heterocycles.